The summed E-state index contributed by atoms with van der Waals surface area (Å²) in [6, 6.07) is -1.07. The van der Waals surface area contributed by atoms with Crippen LogP contribution in [0.25, 0.3) is 0 Å². The molecule has 0 spiro atoms. The van der Waals surface area contributed by atoms with Crippen molar-refractivity contribution < 1.29 is 49.2 Å². The lowest BCUT2D eigenvalue weighted by Crippen LogP contribution is -2.78. The summed E-state index contributed by atoms with van der Waals surface area (Å²) in [5.74, 6) is -9.61. The maximum atomic E-state index is 15.0. The van der Waals surface area contributed by atoms with Gasteiger partial charge in [0.05, 0.1) is 6.04 Å². The molecule has 0 saturated heterocycles. The van der Waals surface area contributed by atoms with Gasteiger partial charge < -0.3 is 35.5 Å². The van der Waals surface area contributed by atoms with E-state index >= 15 is 0 Å². The predicted octanol–water partition coefficient (Wildman–Crippen LogP) is -0.615. The molecular weight excluding hydrogens is 526 g/mol. The van der Waals surface area contributed by atoms with Gasteiger partial charge in [-0.2, -0.15) is 0 Å². The Kier molecular flexibility index (Phi) is 12.8. The average molecular weight is 574 g/mol. The molecule has 0 aliphatic carbocycles. The SMILES string of the molecule is CC[C@H](C)[C@H](NC)C(=O)[C@@](C(=O)[C@](C)(C(=O)[C@](C)(O)C(=O)O)N(C)C(=O)[C@@H](C)O)([C@@H](C)CC)N(C)C(=O)[C@@H](C)O. The van der Waals surface area contributed by atoms with Gasteiger partial charge in [-0.1, -0.05) is 40.5 Å². The van der Waals surface area contributed by atoms with Crippen LogP contribution in [0.2, 0.25) is 0 Å². The Hall–Kier alpha value is -2.74. The minimum Gasteiger partial charge on any atom is -0.479 e. The number of rotatable bonds is 16. The highest BCUT2D eigenvalue weighted by atomic mass is 16.4. The summed E-state index contributed by atoms with van der Waals surface area (Å²) in [4.78, 5) is 82.9. The Balaban J connectivity index is 8.20. The summed E-state index contributed by atoms with van der Waals surface area (Å²) in [7, 11) is 3.53. The van der Waals surface area contributed by atoms with Crippen LogP contribution in [-0.4, -0.2) is 121 Å². The number of aliphatic hydroxyl groups excluding tert-OH is 2. The fourth-order valence-electron chi connectivity index (χ4n) is 4.97. The van der Waals surface area contributed by atoms with Crippen molar-refractivity contribution in [1.29, 1.82) is 0 Å². The maximum Gasteiger partial charge on any atom is 0.343 e. The molecule has 13 nitrogen and oxygen atoms in total. The number of hydrogen-bond acceptors (Lipinski definition) is 10. The van der Waals surface area contributed by atoms with Gasteiger partial charge in [-0.15, -0.1) is 0 Å². The molecule has 13 heteroatoms. The lowest BCUT2D eigenvalue weighted by molar-refractivity contribution is -0.178. The molecule has 0 radical (unpaired) electrons. The number of aliphatic hydroxyl groups is 3. The van der Waals surface area contributed by atoms with Crippen LogP contribution in [0.15, 0.2) is 0 Å². The Morgan fingerprint density at radius 2 is 1.23 bits per heavy atom. The van der Waals surface area contributed by atoms with Gasteiger partial charge in [-0.25, -0.2) is 4.79 Å². The highest BCUT2D eigenvalue weighted by molar-refractivity contribution is 6.30. The molecule has 0 bridgehead atoms. The van der Waals surface area contributed by atoms with E-state index in [9.17, 15) is 49.2 Å². The smallest absolute Gasteiger partial charge is 0.343 e. The van der Waals surface area contributed by atoms with Crippen molar-refractivity contribution in [2.24, 2.45) is 11.8 Å². The molecule has 0 rings (SSSR count). The number of ketones is 3. The lowest BCUT2D eigenvalue weighted by atomic mass is 9.64. The first kappa shape index (κ1) is 37.3. The van der Waals surface area contributed by atoms with Crippen LogP contribution in [0.3, 0.4) is 0 Å². The first-order valence-corrected chi connectivity index (χ1v) is 13.3. The van der Waals surface area contributed by atoms with Gasteiger partial charge in [-0.3, -0.25) is 24.0 Å². The number of carbonyl (C=O) groups is 6. The third-order valence-electron chi connectivity index (χ3n) is 8.17. The van der Waals surface area contributed by atoms with Gasteiger partial charge in [0, 0.05) is 14.1 Å². The van der Waals surface area contributed by atoms with E-state index in [0.29, 0.717) is 18.2 Å². The molecule has 8 atom stereocenters. The zero-order valence-electron chi connectivity index (χ0n) is 25.4. The zero-order chi connectivity index (χ0) is 32.1. The molecule has 0 fully saturated rings. The number of Topliss-reactive ketones (excluding diaryl/α,β-unsaturated/α-hetero) is 3. The summed E-state index contributed by atoms with van der Waals surface area (Å²) in [6.07, 6.45) is -2.91. The highest BCUT2D eigenvalue weighted by Crippen LogP contribution is 2.39. The number of amides is 2. The molecule has 230 valence electrons. The molecular formula is C27H47N3O10. The van der Waals surface area contributed by atoms with Crippen LogP contribution in [0.1, 0.15) is 68.2 Å². The van der Waals surface area contributed by atoms with E-state index < -0.39 is 81.9 Å². The first-order chi connectivity index (χ1) is 18.1. The number of carboxylic acids is 1. The summed E-state index contributed by atoms with van der Waals surface area (Å²) in [5, 5.41) is 43.4. The number of nitrogens with zero attached hydrogens (tertiary/aromatic N) is 2. The van der Waals surface area contributed by atoms with E-state index in [4.69, 9.17) is 0 Å². The van der Waals surface area contributed by atoms with Crippen LogP contribution in [0.5, 0.6) is 0 Å². The Labute approximate surface area is 235 Å². The Morgan fingerprint density at radius 3 is 1.55 bits per heavy atom. The van der Waals surface area contributed by atoms with Crippen molar-refractivity contribution in [2.45, 2.75) is 103 Å². The van der Waals surface area contributed by atoms with Gasteiger partial charge in [0.15, 0.2) is 22.6 Å². The molecule has 40 heavy (non-hydrogen) atoms. The van der Waals surface area contributed by atoms with Gasteiger partial charge in [0.1, 0.15) is 12.2 Å². The molecule has 0 aromatic heterocycles. The standard InChI is InChI=1S/C27H47N3O10/c1-12-14(3)18(28-9)19(33)27(15(4)13-2,30(11)21(35)17(6)32)23(37)25(7,29(10)20(34)16(5)31)22(36)26(8,40)24(38)39/h14-18,28,31-32,40H,12-13H2,1-11H3,(H,38,39)/t14-,15-,16+,17+,18-,25-,26-,27+/m0/s1. The van der Waals surface area contributed by atoms with Crippen LogP contribution in [-0.2, 0) is 28.8 Å². The number of hydrogen-bond donors (Lipinski definition) is 5. The van der Waals surface area contributed by atoms with Crippen LogP contribution in [0, 0.1) is 11.8 Å². The summed E-state index contributed by atoms with van der Waals surface area (Å²) < 4.78 is 0. The summed E-state index contributed by atoms with van der Waals surface area (Å²) in [5.41, 5.74) is -8.67. The molecule has 0 saturated carbocycles. The van der Waals surface area contributed by atoms with Crippen LogP contribution >= 0.6 is 0 Å². The van der Waals surface area contributed by atoms with E-state index in [1.807, 2.05) is 0 Å². The second-order valence-electron chi connectivity index (χ2n) is 10.8. The fraction of sp³-hybridized carbons (Fsp3) is 0.778. The number of aliphatic carboxylic acids is 1. The van der Waals surface area contributed by atoms with Crippen molar-refractivity contribution in [3.63, 3.8) is 0 Å². The normalized spacial score (nSPS) is 19.9. The highest BCUT2D eigenvalue weighted by Gasteiger charge is 2.67. The molecule has 5 N–H and O–H groups in total. The van der Waals surface area contributed by atoms with Gasteiger partial charge in [-0.05, 0) is 46.6 Å². The molecule has 0 heterocycles. The van der Waals surface area contributed by atoms with E-state index in [0.717, 1.165) is 39.8 Å². The minimum atomic E-state index is -3.23. The van der Waals surface area contributed by atoms with E-state index in [1.54, 1.807) is 20.8 Å². The van der Waals surface area contributed by atoms with E-state index in [2.05, 4.69) is 5.32 Å². The predicted molar refractivity (Wildman–Crippen MR) is 145 cm³/mol. The molecule has 0 aliphatic rings. The molecule has 2 amide bonds. The van der Waals surface area contributed by atoms with Crippen molar-refractivity contribution in [3.05, 3.63) is 0 Å². The molecule has 0 aromatic rings. The maximum absolute atomic E-state index is 15.0. The monoisotopic (exact) mass is 573 g/mol. The number of nitrogens with one attached hydrogen (secondary N) is 1. The van der Waals surface area contributed by atoms with Gasteiger partial charge in [0.2, 0.25) is 11.4 Å². The summed E-state index contributed by atoms with van der Waals surface area (Å²) >= 11 is 0. The zero-order valence-corrected chi connectivity index (χ0v) is 25.4. The number of likely N-dealkylation sites (N-methyl/N-ethyl adjacent to an activating group) is 3. The molecule has 0 unspecified atom stereocenters. The summed E-state index contributed by atoms with van der Waals surface area (Å²) in [6.45, 7) is 10.3. The largest absolute Gasteiger partial charge is 0.479 e. The lowest BCUT2D eigenvalue weighted by Gasteiger charge is -2.51. The second-order valence-corrected chi connectivity index (χ2v) is 10.8. The van der Waals surface area contributed by atoms with E-state index in [-0.39, 0.29) is 6.42 Å². The molecule has 0 aromatic carbocycles. The fourth-order valence-corrected chi connectivity index (χ4v) is 4.97. The van der Waals surface area contributed by atoms with Gasteiger partial charge >= 0.3 is 5.97 Å². The van der Waals surface area contributed by atoms with Crippen LogP contribution in [0.4, 0.5) is 0 Å². The average Bonchev–Trinajstić information content (AvgIpc) is 2.90. The second kappa shape index (κ2) is 13.7. The van der Waals surface area contributed by atoms with Crippen molar-refractivity contribution in [1.82, 2.24) is 15.1 Å². The quantitative estimate of drug-likeness (QED) is 0.147. The Morgan fingerprint density at radius 1 is 0.800 bits per heavy atom. The van der Waals surface area contributed by atoms with Gasteiger partial charge in [0.25, 0.3) is 11.8 Å². The molecule has 0 aliphatic heterocycles. The third kappa shape index (κ3) is 6.27. The van der Waals surface area contributed by atoms with Crippen molar-refractivity contribution in [3.8, 4) is 0 Å². The van der Waals surface area contributed by atoms with E-state index in [1.165, 1.54) is 14.0 Å². The minimum absolute atomic E-state index is 0.0828. The Bertz CT molecular complexity index is 995. The first-order valence-electron chi connectivity index (χ1n) is 13.3. The third-order valence-corrected chi connectivity index (χ3v) is 8.17. The number of carboxylic acid groups (broad SMARTS) is 1. The number of carbonyl (C=O) groups excluding carboxylic acids is 5. The van der Waals surface area contributed by atoms with Crippen molar-refractivity contribution in [2.75, 3.05) is 21.1 Å². The van der Waals surface area contributed by atoms with Crippen molar-refractivity contribution >= 4 is 35.1 Å². The topological polar surface area (TPSA) is 202 Å². The van der Waals surface area contributed by atoms with Crippen LogP contribution < -0.4 is 5.32 Å².